The highest BCUT2D eigenvalue weighted by Gasteiger charge is 2.27. The number of allylic oxidation sites excluding steroid dienone is 2. The minimum absolute atomic E-state index is 0.250. The molecular formula is C21H21Cl2NOS. The zero-order valence-electron chi connectivity index (χ0n) is 14.4. The quantitative estimate of drug-likeness (QED) is 0.518. The largest absolute Gasteiger partial charge is 0.309 e. The van der Waals surface area contributed by atoms with Gasteiger partial charge in [-0.1, -0.05) is 83.5 Å². The Kier molecular flexibility index (Phi) is 7.07. The van der Waals surface area contributed by atoms with Crippen LogP contribution in [0.4, 0.5) is 0 Å². The number of alkyl halides is 2. The number of thioether (sulfide) groups is 1. The number of amides is 1. The van der Waals surface area contributed by atoms with Crippen LogP contribution in [0.25, 0.3) is 0 Å². The third-order valence-corrected chi connectivity index (χ3v) is 5.90. The van der Waals surface area contributed by atoms with E-state index < -0.39 is 4.84 Å². The van der Waals surface area contributed by atoms with Gasteiger partial charge in [-0.3, -0.25) is 4.79 Å². The van der Waals surface area contributed by atoms with E-state index in [0.717, 1.165) is 36.9 Å². The first kappa shape index (κ1) is 19.3. The van der Waals surface area contributed by atoms with E-state index in [-0.39, 0.29) is 5.91 Å². The van der Waals surface area contributed by atoms with Gasteiger partial charge in [-0.2, -0.15) is 0 Å². The molecule has 0 saturated carbocycles. The van der Waals surface area contributed by atoms with E-state index in [2.05, 4.69) is 12.1 Å². The molecule has 0 aliphatic heterocycles. The van der Waals surface area contributed by atoms with Crippen LogP contribution in [0.5, 0.6) is 0 Å². The predicted molar refractivity (Wildman–Crippen MR) is 110 cm³/mol. The first-order chi connectivity index (χ1) is 12.6. The summed E-state index contributed by atoms with van der Waals surface area (Å²) in [5, 5.41) is 0. The van der Waals surface area contributed by atoms with Gasteiger partial charge in [-0.15, -0.1) is 0 Å². The van der Waals surface area contributed by atoms with E-state index in [0.29, 0.717) is 6.54 Å². The summed E-state index contributed by atoms with van der Waals surface area (Å²) in [6.07, 6.45) is 4.05. The Hall–Kier alpha value is -1.42. The third-order valence-electron chi connectivity index (χ3n) is 4.34. The van der Waals surface area contributed by atoms with Crippen LogP contribution >= 0.6 is 35.0 Å². The molecule has 3 rings (SSSR count). The average molecular weight is 406 g/mol. The van der Waals surface area contributed by atoms with E-state index in [1.807, 2.05) is 48.5 Å². The monoisotopic (exact) mass is 405 g/mol. The second-order valence-electron chi connectivity index (χ2n) is 6.20. The van der Waals surface area contributed by atoms with Gasteiger partial charge in [0.05, 0.1) is 6.54 Å². The molecule has 2 aromatic rings. The van der Waals surface area contributed by atoms with Crippen LogP contribution < -0.4 is 0 Å². The van der Waals surface area contributed by atoms with Gasteiger partial charge in [0.25, 0.3) is 5.91 Å². The summed E-state index contributed by atoms with van der Waals surface area (Å²) < 4.78 is 0. The van der Waals surface area contributed by atoms with Crippen molar-refractivity contribution in [1.82, 2.24) is 4.90 Å². The molecule has 5 heteroatoms. The molecule has 136 valence electrons. The van der Waals surface area contributed by atoms with Crippen molar-refractivity contribution in [3.8, 4) is 0 Å². The first-order valence-electron chi connectivity index (χ1n) is 8.73. The molecule has 0 aromatic heterocycles. The van der Waals surface area contributed by atoms with Crippen LogP contribution in [-0.2, 0) is 11.3 Å². The molecule has 0 spiro atoms. The van der Waals surface area contributed by atoms with Gasteiger partial charge in [0.15, 0.2) is 4.84 Å². The van der Waals surface area contributed by atoms with Crippen molar-refractivity contribution in [2.24, 2.45) is 0 Å². The van der Waals surface area contributed by atoms with Crippen LogP contribution in [0, 0.1) is 0 Å². The molecule has 0 atom stereocenters. The molecule has 1 aliphatic rings. The van der Waals surface area contributed by atoms with Gasteiger partial charge in [0.2, 0.25) is 0 Å². The number of halogens is 2. The number of hydrogen-bond acceptors (Lipinski definition) is 2. The molecule has 0 heterocycles. The molecular weight excluding hydrogens is 385 g/mol. The molecule has 1 amide bonds. The summed E-state index contributed by atoms with van der Waals surface area (Å²) in [6.45, 7) is 0.490. The fourth-order valence-electron chi connectivity index (χ4n) is 3.08. The van der Waals surface area contributed by atoms with Crippen molar-refractivity contribution in [3.05, 3.63) is 76.8 Å². The number of nitrogens with zero attached hydrogens (tertiary/aromatic N) is 1. The average Bonchev–Trinajstić information content (AvgIpc) is 2.68. The van der Waals surface area contributed by atoms with Crippen molar-refractivity contribution in [2.75, 3.05) is 0 Å². The fraction of sp³-hybridized carbons (Fsp3) is 0.286. The van der Waals surface area contributed by atoms with Crippen LogP contribution in [0.3, 0.4) is 0 Å². The molecule has 0 radical (unpaired) electrons. The first-order valence-corrected chi connectivity index (χ1v) is 10.4. The smallest absolute Gasteiger partial charge is 0.260 e. The lowest BCUT2D eigenvalue weighted by Gasteiger charge is -2.31. The van der Waals surface area contributed by atoms with Crippen molar-refractivity contribution in [2.45, 2.75) is 42.0 Å². The van der Waals surface area contributed by atoms with E-state index in [4.69, 9.17) is 23.2 Å². The Morgan fingerprint density at radius 1 is 0.962 bits per heavy atom. The molecule has 26 heavy (non-hydrogen) atoms. The maximum absolute atomic E-state index is 12.8. The lowest BCUT2D eigenvalue weighted by Crippen LogP contribution is -2.35. The van der Waals surface area contributed by atoms with Crippen LogP contribution in [0.1, 0.15) is 31.2 Å². The number of carbonyl (C=O) groups excluding carboxylic acids is 1. The highest BCUT2D eigenvalue weighted by Crippen LogP contribution is 2.39. The summed E-state index contributed by atoms with van der Waals surface area (Å²) >= 11 is 13.7. The van der Waals surface area contributed by atoms with Crippen LogP contribution in [0.15, 0.2) is 76.2 Å². The molecule has 0 saturated heterocycles. The predicted octanol–water partition coefficient (Wildman–Crippen LogP) is 6.40. The summed E-state index contributed by atoms with van der Waals surface area (Å²) in [5.41, 5.74) is 2.13. The zero-order chi connectivity index (χ0) is 18.4. The van der Waals surface area contributed by atoms with Crippen LogP contribution in [0.2, 0.25) is 0 Å². The van der Waals surface area contributed by atoms with Crippen molar-refractivity contribution in [1.29, 1.82) is 0 Å². The Morgan fingerprint density at radius 2 is 1.58 bits per heavy atom. The van der Waals surface area contributed by atoms with Gasteiger partial charge >= 0.3 is 0 Å². The molecule has 0 fully saturated rings. The lowest BCUT2D eigenvalue weighted by molar-refractivity contribution is -0.128. The summed E-state index contributed by atoms with van der Waals surface area (Å²) in [5.74, 6) is -0.250. The normalized spacial score (nSPS) is 14.6. The molecule has 1 aliphatic carbocycles. The standard InChI is InChI=1S/C21H21Cl2NOS/c22-20(23)21(25)24(15-16-9-3-1-4-10-16)18-13-7-8-14-19(18)26-17-11-5-2-6-12-17/h1-6,9-12,20H,7-8,13-15H2. The molecule has 0 bridgehead atoms. The Balaban J connectivity index is 1.94. The minimum Gasteiger partial charge on any atom is -0.309 e. The summed E-state index contributed by atoms with van der Waals surface area (Å²) in [7, 11) is 0. The van der Waals surface area contributed by atoms with E-state index in [9.17, 15) is 4.79 Å². The maximum Gasteiger partial charge on any atom is 0.260 e. The Labute approximate surface area is 169 Å². The molecule has 0 N–H and O–H groups in total. The minimum atomic E-state index is -1.06. The Bertz CT molecular complexity index is 762. The topological polar surface area (TPSA) is 20.3 Å². The van der Waals surface area contributed by atoms with Gasteiger partial charge in [0, 0.05) is 15.5 Å². The van der Waals surface area contributed by atoms with Gasteiger partial charge in [0.1, 0.15) is 0 Å². The second kappa shape index (κ2) is 9.50. The lowest BCUT2D eigenvalue weighted by atomic mass is 10.0. The highest BCUT2D eigenvalue weighted by atomic mass is 35.5. The molecule has 2 nitrogen and oxygen atoms in total. The Morgan fingerprint density at radius 3 is 2.23 bits per heavy atom. The SMILES string of the molecule is O=C(C(Cl)Cl)N(Cc1ccccc1)C1=C(Sc2ccccc2)CCCC1. The van der Waals surface area contributed by atoms with Crippen molar-refractivity contribution in [3.63, 3.8) is 0 Å². The number of rotatable bonds is 6. The third kappa shape index (κ3) is 5.06. The fourth-order valence-corrected chi connectivity index (χ4v) is 4.47. The zero-order valence-corrected chi connectivity index (χ0v) is 16.7. The second-order valence-corrected chi connectivity index (χ2v) is 8.47. The van der Waals surface area contributed by atoms with E-state index >= 15 is 0 Å². The van der Waals surface area contributed by atoms with Crippen molar-refractivity contribution < 1.29 is 4.79 Å². The summed E-state index contributed by atoms with van der Waals surface area (Å²) in [6, 6.07) is 20.2. The number of hydrogen-bond donors (Lipinski definition) is 0. The van der Waals surface area contributed by atoms with Gasteiger partial charge in [-0.05, 0) is 43.4 Å². The van der Waals surface area contributed by atoms with Gasteiger partial charge < -0.3 is 4.90 Å². The summed E-state index contributed by atoms with van der Waals surface area (Å²) in [4.78, 5) is 15.9. The highest BCUT2D eigenvalue weighted by molar-refractivity contribution is 8.03. The number of carbonyl (C=O) groups is 1. The molecule has 0 unspecified atom stereocenters. The van der Waals surface area contributed by atoms with E-state index in [1.54, 1.807) is 16.7 Å². The van der Waals surface area contributed by atoms with E-state index in [1.165, 1.54) is 9.80 Å². The van der Waals surface area contributed by atoms with Crippen molar-refractivity contribution >= 4 is 40.9 Å². The van der Waals surface area contributed by atoms with Crippen LogP contribution in [-0.4, -0.2) is 15.6 Å². The van der Waals surface area contributed by atoms with Gasteiger partial charge in [-0.25, -0.2) is 0 Å². The molecule has 2 aromatic carbocycles. The maximum atomic E-state index is 12.8. The number of benzene rings is 2.